The summed E-state index contributed by atoms with van der Waals surface area (Å²) in [5, 5.41) is 2.91. The van der Waals surface area contributed by atoms with Crippen LogP contribution in [-0.2, 0) is 0 Å². The molecule has 4 nitrogen and oxygen atoms in total. The molecule has 2 rings (SSSR count). The van der Waals surface area contributed by atoms with Crippen LogP contribution in [0.4, 0.5) is 11.7 Å². The minimum Gasteiger partial charge on any atom is -0.430 e. The van der Waals surface area contributed by atoms with E-state index in [2.05, 4.69) is 10.3 Å². The molecule has 0 bridgehead atoms. The predicted octanol–water partition coefficient (Wildman–Crippen LogP) is 2.09. The Hall–Kier alpha value is -2.10. The Morgan fingerprint density at radius 2 is 2.00 bits per heavy atom. The van der Waals surface area contributed by atoms with Crippen LogP contribution < -0.4 is 10.9 Å². The number of nitrogens with zero attached hydrogens (tertiary/aromatic N) is 1. The van der Waals surface area contributed by atoms with E-state index in [4.69, 9.17) is 4.42 Å². The van der Waals surface area contributed by atoms with Crippen molar-refractivity contribution in [3.05, 3.63) is 52.5 Å². The normalized spacial score (nSPS) is 9.93. The number of hydrogen-bond acceptors (Lipinski definition) is 4. The van der Waals surface area contributed by atoms with Gasteiger partial charge in [-0.3, -0.25) is 4.79 Å². The third kappa shape index (κ3) is 2.43. The Bertz CT molecular complexity index is 505. The van der Waals surface area contributed by atoms with Crippen LogP contribution >= 0.6 is 0 Å². The second kappa shape index (κ2) is 3.96. The van der Waals surface area contributed by atoms with Gasteiger partial charge in [0, 0.05) is 11.8 Å². The molecule has 76 valence electrons. The molecule has 0 fully saturated rings. The summed E-state index contributed by atoms with van der Waals surface area (Å²) in [7, 11) is 0. The molecule has 1 heterocycles. The first-order valence-corrected chi connectivity index (χ1v) is 4.55. The van der Waals surface area contributed by atoms with E-state index in [1.54, 1.807) is 6.92 Å². The van der Waals surface area contributed by atoms with Gasteiger partial charge in [0.2, 0.25) is 0 Å². The molecule has 0 aliphatic carbocycles. The lowest BCUT2D eigenvalue weighted by Gasteiger charge is -2.03. The number of aromatic nitrogens is 1. The summed E-state index contributed by atoms with van der Waals surface area (Å²) in [5.41, 5.74) is 0.524. The standard InChI is InChI=1S/C11H10N2O2/c1-8-7-10(14)13-11(15-8)12-9-5-3-2-4-6-9/h2-7H,1H3,(H,12,13,14). The van der Waals surface area contributed by atoms with Crippen molar-refractivity contribution in [1.82, 2.24) is 4.98 Å². The summed E-state index contributed by atoms with van der Waals surface area (Å²) in [6.45, 7) is 1.71. The van der Waals surface area contributed by atoms with Crippen LogP contribution in [0.25, 0.3) is 0 Å². The van der Waals surface area contributed by atoms with Gasteiger partial charge >= 0.3 is 6.01 Å². The number of aryl methyl sites for hydroxylation is 1. The Morgan fingerprint density at radius 1 is 1.27 bits per heavy atom. The first kappa shape index (κ1) is 9.45. The van der Waals surface area contributed by atoms with Gasteiger partial charge in [-0.05, 0) is 19.1 Å². The largest absolute Gasteiger partial charge is 0.430 e. The zero-order chi connectivity index (χ0) is 10.7. The van der Waals surface area contributed by atoms with E-state index >= 15 is 0 Å². The molecule has 4 heteroatoms. The van der Waals surface area contributed by atoms with Crippen molar-refractivity contribution < 1.29 is 4.42 Å². The van der Waals surface area contributed by atoms with Crippen LogP contribution in [0.5, 0.6) is 0 Å². The number of para-hydroxylation sites is 1. The van der Waals surface area contributed by atoms with Gasteiger partial charge in [-0.2, -0.15) is 4.98 Å². The number of anilines is 2. The number of hydrogen-bond donors (Lipinski definition) is 1. The van der Waals surface area contributed by atoms with Crippen LogP contribution in [0.15, 0.2) is 45.6 Å². The monoisotopic (exact) mass is 202 g/mol. The fourth-order valence-corrected chi connectivity index (χ4v) is 1.21. The van der Waals surface area contributed by atoms with Gasteiger partial charge in [0.25, 0.3) is 5.56 Å². The average Bonchev–Trinajstić information content (AvgIpc) is 2.17. The van der Waals surface area contributed by atoms with E-state index in [0.29, 0.717) is 5.76 Å². The number of benzene rings is 1. The first-order valence-electron chi connectivity index (χ1n) is 4.55. The van der Waals surface area contributed by atoms with Gasteiger partial charge in [-0.25, -0.2) is 0 Å². The molecule has 0 radical (unpaired) electrons. The van der Waals surface area contributed by atoms with E-state index in [1.807, 2.05) is 30.3 Å². The predicted molar refractivity (Wildman–Crippen MR) is 57.2 cm³/mol. The van der Waals surface area contributed by atoms with E-state index in [1.165, 1.54) is 6.07 Å². The van der Waals surface area contributed by atoms with Crippen molar-refractivity contribution in [3.8, 4) is 0 Å². The second-order valence-corrected chi connectivity index (χ2v) is 3.10. The molecule has 0 atom stereocenters. The zero-order valence-corrected chi connectivity index (χ0v) is 8.23. The van der Waals surface area contributed by atoms with Crippen molar-refractivity contribution >= 4 is 11.7 Å². The Balaban J connectivity index is 2.29. The average molecular weight is 202 g/mol. The molecule has 0 spiro atoms. The van der Waals surface area contributed by atoms with Crippen LogP contribution in [-0.4, -0.2) is 4.98 Å². The smallest absolute Gasteiger partial charge is 0.302 e. The second-order valence-electron chi connectivity index (χ2n) is 3.10. The molecular formula is C11H10N2O2. The Labute approximate surface area is 86.6 Å². The van der Waals surface area contributed by atoms with Gasteiger partial charge in [0.15, 0.2) is 0 Å². The maximum atomic E-state index is 11.1. The number of rotatable bonds is 2. The molecule has 0 saturated carbocycles. The molecule has 0 unspecified atom stereocenters. The summed E-state index contributed by atoms with van der Waals surface area (Å²) < 4.78 is 5.24. The lowest BCUT2D eigenvalue weighted by molar-refractivity contribution is 0.513. The highest BCUT2D eigenvalue weighted by Crippen LogP contribution is 2.12. The van der Waals surface area contributed by atoms with Gasteiger partial charge in [-0.1, -0.05) is 18.2 Å². The van der Waals surface area contributed by atoms with Crippen molar-refractivity contribution in [2.45, 2.75) is 6.92 Å². The van der Waals surface area contributed by atoms with Crippen molar-refractivity contribution in [2.75, 3.05) is 5.32 Å². The Morgan fingerprint density at radius 3 is 2.67 bits per heavy atom. The molecule has 0 aliphatic heterocycles. The van der Waals surface area contributed by atoms with Crippen molar-refractivity contribution in [3.63, 3.8) is 0 Å². The van der Waals surface area contributed by atoms with Gasteiger partial charge in [0.1, 0.15) is 5.76 Å². The summed E-state index contributed by atoms with van der Waals surface area (Å²) in [6.07, 6.45) is 0. The summed E-state index contributed by atoms with van der Waals surface area (Å²) in [5.74, 6) is 0.536. The minimum atomic E-state index is -0.308. The van der Waals surface area contributed by atoms with E-state index in [0.717, 1.165) is 5.69 Å². The van der Waals surface area contributed by atoms with E-state index in [-0.39, 0.29) is 11.6 Å². The fourth-order valence-electron chi connectivity index (χ4n) is 1.21. The first-order chi connectivity index (χ1) is 7.24. The lowest BCUT2D eigenvalue weighted by atomic mass is 10.3. The van der Waals surface area contributed by atoms with Crippen LogP contribution in [0.1, 0.15) is 5.76 Å². The van der Waals surface area contributed by atoms with Crippen molar-refractivity contribution in [1.29, 1.82) is 0 Å². The lowest BCUT2D eigenvalue weighted by Crippen LogP contribution is -2.07. The summed E-state index contributed by atoms with van der Waals surface area (Å²) in [4.78, 5) is 14.8. The van der Waals surface area contributed by atoms with E-state index < -0.39 is 0 Å². The van der Waals surface area contributed by atoms with Crippen LogP contribution in [0.3, 0.4) is 0 Å². The number of nitrogens with one attached hydrogen (secondary N) is 1. The highest BCUT2D eigenvalue weighted by molar-refractivity contribution is 5.51. The topological polar surface area (TPSA) is 55.1 Å². The summed E-state index contributed by atoms with van der Waals surface area (Å²) >= 11 is 0. The van der Waals surface area contributed by atoms with Gasteiger partial charge < -0.3 is 9.73 Å². The molecule has 0 saturated heterocycles. The summed E-state index contributed by atoms with van der Waals surface area (Å²) in [6, 6.07) is 11.0. The molecule has 15 heavy (non-hydrogen) atoms. The highest BCUT2D eigenvalue weighted by Gasteiger charge is 2.00. The molecular weight excluding hydrogens is 192 g/mol. The third-order valence-electron chi connectivity index (χ3n) is 1.82. The molecule has 0 aliphatic rings. The van der Waals surface area contributed by atoms with Crippen LogP contribution in [0, 0.1) is 6.92 Å². The SMILES string of the molecule is Cc1cc(=O)nc(Nc2ccccc2)o1. The maximum absolute atomic E-state index is 11.1. The quantitative estimate of drug-likeness (QED) is 0.810. The zero-order valence-electron chi connectivity index (χ0n) is 8.23. The molecule has 0 amide bonds. The van der Waals surface area contributed by atoms with Gasteiger partial charge in [-0.15, -0.1) is 0 Å². The molecule has 1 aromatic heterocycles. The highest BCUT2D eigenvalue weighted by atomic mass is 16.4. The molecule has 2 aromatic rings. The fraction of sp³-hybridized carbons (Fsp3) is 0.0909. The molecule has 1 aromatic carbocycles. The Kier molecular flexibility index (Phi) is 2.49. The minimum absolute atomic E-state index is 0.214. The van der Waals surface area contributed by atoms with Crippen molar-refractivity contribution in [2.24, 2.45) is 0 Å². The third-order valence-corrected chi connectivity index (χ3v) is 1.82. The van der Waals surface area contributed by atoms with E-state index in [9.17, 15) is 4.79 Å². The van der Waals surface area contributed by atoms with Crippen LogP contribution in [0.2, 0.25) is 0 Å². The van der Waals surface area contributed by atoms with Gasteiger partial charge in [0.05, 0.1) is 0 Å². The molecule has 1 N–H and O–H groups in total. The maximum Gasteiger partial charge on any atom is 0.302 e.